The van der Waals surface area contributed by atoms with Gasteiger partial charge in [0.25, 0.3) is 0 Å². The summed E-state index contributed by atoms with van der Waals surface area (Å²) in [6.45, 7) is 25.4. The van der Waals surface area contributed by atoms with Gasteiger partial charge >= 0.3 is 6.09 Å². The molecule has 0 bridgehead atoms. The number of aryl methyl sites for hydroxylation is 2. The minimum Gasteiger partial charge on any atom is -0.493 e. The van der Waals surface area contributed by atoms with Gasteiger partial charge in [-0.25, -0.2) is 4.79 Å². The van der Waals surface area contributed by atoms with E-state index >= 15 is 0 Å². The molecule has 3 N–H and O–H groups in total. The van der Waals surface area contributed by atoms with E-state index in [9.17, 15) is 19.2 Å². The van der Waals surface area contributed by atoms with Crippen LogP contribution in [-0.4, -0.2) is 70.7 Å². The third kappa shape index (κ3) is 14.6. The van der Waals surface area contributed by atoms with E-state index in [2.05, 4.69) is 22.5 Å². The molecule has 3 atom stereocenters. The third-order valence-corrected chi connectivity index (χ3v) is 8.24. The van der Waals surface area contributed by atoms with Gasteiger partial charge in [-0.2, -0.15) is 0 Å². The fourth-order valence-electron chi connectivity index (χ4n) is 5.51. The van der Waals surface area contributed by atoms with Gasteiger partial charge in [0, 0.05) is 26.4 Å². The molecule has 4 amide bonds. The minimum absolute atomic E-state index is 0.0519. The Bertz CT molecular complexity index is 1510. The molecule has 0 saturated carbocycles. The van der Waals surface area contributed by atoms with Crippen LogP contribution in [0.2, 0.25) is 0 Å². The molecule has 2 unspecified atom stereocenters. The van der Waals surface area contributed by atoms with Crippen molar-refractivity contribution in [2.45, 2.75) is 137 Å². The molecular weight excluding hydrogens is 660 g/mol. The zero-order valence-corrected chi connectivity index (χ0v) is 33.2. The van der Waals surface area contributed by atoms with Crippen molar-refractivity contribution in [1.82, 2.24) is 20.9 Å². The molecule has 0 spiro atoms. The van der Waals surface area contributed by atoms with Crippen LogP contribution in [0, 0.1) is 6.92 Å². The lowest BCUT2D eigenvalue weighted by Crippen LogP contribution is -2.63. The van der Waals surface area contributed by atoms with Crippen molar-refractivity contribution in [1.29, 1.82) is 0 Å². The van der Waals surface area contributed by atoms with Crippen LogP contribution in [0.1, 0.15) is 105 Å². The van der Waals surface area contributed by atoms with Crippen LogP contribution in [-0.2, 0) is 36.8 Å². The van der Waals surface area contributed by atoms with Gasteiger partial charge in [-0.3, -0.25) is 19.3 Å². The number of carbonyl (C=O) groups is 4. The Labute approximate surface area is 311 Å². The van der Waals surface area contributed by atoms with E-state index in [1.807, 2.05) is 118 Å². The summed E-state index contributed by atoms with van der Waals surface area (Å²) in [5.74, 6) is -0.301. The van der Waals surface area contributed by atoms with E-state index in [0.29, 0.717) is 30.9 Å². The molecule has 0 aromatic heterocycles. The Kier molecular flexibility index (Phi) is 16.2. The summed E-state index contributed by atoms with van der Waals surface area (Å²) >= 11 is 0. The number of rotatable bonds is 15. The number of amides is 4. The Morgan fingerprint density at radius 2 is 1.54 bits per heavy atom. The summed E-state index contributed by atoms with van der Waals surface area (Å²) in [5.41, 5.74) is 1.22. The Morgan fingerprint density at radius 1 is 0.904 bits per heavy atom. The molecule has 288 valence electrons. The lowest BCUT2D eigenvalue weighted by atomic mass is 9.88. The minimum atomic E-state index is -0.978. The van der Waals surface area contributed by atoms with Gasteiger partial charge in [-0.1, -0.05) is 56.8 Å². The van der Waals surface area contributed by atoms with Crippen LogP contribution in [0.3, 0.4) is 0 Å². The maximum atomic E-state index is 13.7. The SMILES string of the molecule is C=C(C[C@H](NC(C)=O)C(=O)NC(CCc1ccccc1)C(=O)NCc1cc(OCC2(C)CCN2C(=O)OC(C)(C)C)ccc1C)OC(C)(C)C.CC. The smallest absolute Gasteiger partial charge is 0.410 e. The van der Waals surface area contributed by atoms with Gasteiger partial charge in [-0.05, 0) is 103 Å². The second-order valence-corrected chi connectivity index (χ2v) is 15.3. The van der Waals surface area contributed by atoms with Gasteiger partial charge < -0.3 is 30.2 Å². The van der Waals surface area contributed by atoms with Gasteiger partial charge in [0.15, 0.2) is 0 Å². The van der Waals surface area contributed by atoms with Crippen LogP contribution < -0.4 is 20.7 Å². The van der Waals surface area contributed by atoms with E-state index in [1.165, 1.54) is 6.92 Å². The molecule has 1 aliphatic heterocycles. The van der Waals surface area contributed by atoms with Crippen LogP contribution >= 0.6 is 0 Å². The highest BCUT2D eigenvalue weighted by molar-refractivity contribution is 5.92. The summed E-state index contributed by atoms with van der Waals surface area (Å²) in [6.07, 6.45) is 1.37. The number of likely N-dealkylation sites (tertiary alicyclic amines) is 1. The molecule has 52 heavy (non-hydrogen) atoms. The van der Waals surface area contributed by atoms with Crippen LogP contribution in [0.4, 0.5) is 4.79 Å². The summed E-state index contributed by atoms with van der Waals surface area (Å²) < 4.78 is 17.5. The lowest BCUT2D eigenvalue weighted by Gasteiger charge is -2.49. The highest BCUT2D eigenvalue weighted by atomic mass is 16.6. The molecule has 1 fully saturated rings. The third-order valence-electron chi connectivity index (χ3n) is 8.24. The number of ether oxygens (including phenoxy) is 3. The average Bonchev–Trinajstić information content (AvgIpc) is 3.03. The number of hydrogen-bond acceptors (Lipinski definition) is 7. The average molecular weight is 723 g/mol. The van der Waals surface area contributed by atoms with E-state index in [1.54, 1.807) is 4.90 Å². The van der Waals surface area contributed by atoms with E-state index in [-0.39, 0.29) is 37.5 Å². The van der Waals surface area contributed by atoms with Crippen LogP contribution in [0.15, 0.2) is 60.9 Å². The maximum Gasteiger partial charge on any atom is 0.410 e. The first-order chi connectivity index (χ1) is 24.2. The predicted octanol–water partition coefficient (Wildman–Crippen LogP) is 6.76. The first-order valence-corrected chi connectivity index (χ1v) is 18.2. The van der Waals surface area contributed by atoms with Crippen molar-refractivity contribution in [3.8, 4) is 5.75 Å². The second kappa shape index (κ2) is 19.3. The molecular formula is C41H62N4O7. The normalized spacial score (nSPS) is 16.5. The molecule has 11 heteroatoms. The van der Waals surface area contributed by atoms with Gasteiger partial charge in [-0.15, -0.1) is 0 Å². The molecule has 2 aromatic rings. The zero-order chi connectivity index (χ0) is 39.3. The molecule has 1 aliphatic rings. The lowest BCUT2D eigenvalue weighted by molar-refractivity contribution is -0.132. The van der Waals surface area contributed by atoms with E-state index in [4.69, 9.17) is 14.2 Å². The van der Waals surface area contributed by atoms with E-state index < -0.39 is 34.7 Å². The van der Waals surface area contributed by atoms with Crippen molar-refractivity contribution in [2.75, 3.05) is 13.2 Å². The summed E-state index contributed by atoms with van der Waals surface area (Å²) in [6, 6.07) is 13.5. The second-order valence-electron chi connectivity index (χ2n) is 15.3. The molecule has 1 heterocycles. The topological polar surface area (TPSA) is 135 Å². The number of hydrogen-bond donors (Lipinski definition) is 3. The molecule has 3 rings (SSSR count). The predicted molar refractivity (Wildman–Crippen MR) is 205 cm³/mol. The summed E-state index contributed by atoms with van der Waals surface area (Å²) in [7, 11) is 0. The Hall–Kier alpha value is -4.54. The highest BCUT2D eigenvalue weighted by Crippen LogP contribution is 2.33. The first-order valence-electron chi connectivity index (χ1n) is 18.2. The van der Waals surface area contributed by atoms with Crippen molar-refractivity contribution < 1.29 is 33.4 Å². The van der Waals surface area contributed by atoms with Crippen molar-refractivity contribution >= 4 is 23.8 Å². The van der Waals surface area contributed by atoms with Crippen molar-refractivity contribution in [3.05, 3.63) is 77.6 Å². The van der Waals surface area contributed by atoms with E-state index in [0.717, 1.165) is 23.1 Å². The number of nitrogens with zero attached hydrogens (tertiary/aromatic N) is 1. The Balaban J connectivity index is 0.00000460. The quantitative estimate of drug-likeness (QED) is 0.173. The monoisotopic (exact) mass is 722 g/mol. The van der Waals surface area contributed by atoms with Gasteiger partial charge in [0.2, 0.25) is 17.7 Å². The standard InChI is InChI=1S/C39H56N4O7.C2H6/c1-26-16-18-31(48-25-39(10)20-21-43(39)36(47)50-38(7,8)9)23-30(26)24-40-34(45)32(19-17-29-14-12-11-13-15-29)42-35(46)33(41-28(3)44)22-27(2)49-37(4,5)6;1-2/h11-16,18,23,32-33H,2,17,19-22,24-25H2,1,3-10H3,(H,40,45)(H,41,44)(H,42,46);1-2H3/t32?,33-,39?;/m0./s1. The number of nitrogens with one attached hydrogen (secondary N) is 3. The molecule has 0 aliphatic carbocycles. The summed E-state index contributed by atoms with van der Waals surface area (Å²) in [5, 5.41) is 8.53. The fourth-order valence-corrected chi connectivity index (χ4v) is 5.51. The largest absolute Gasteiger partial charge is 0.493 e. The van der Waals surface area contributed by atoms with Crippen molar-refractivity contribution in [3.63, 3.8) is 0 Å². The Morgan fingerprint density at radius 3 is 2.10 bits per heavy atom. The van der Waals surface area contributed by atoms with Crippen LogP contribution in [0.5, 0.6) is 5.75 Å². The molecule has 11 nitrogen and oxygen atoms in total. The number of benzene rings is 2. The molecule has 2 aromatic carbocycles. The molecule has 0 radical (unpaired) electrons. The molecule has 1 saturated heterocycles. The summed E-state index contributed by atoms with van der Waals surface area (Å²) in [4.78, 5) is 53.6. The first kappa shape index (κ1) is 43.6. The fraction of sp³-hybridized carbons (Fsp3) is 0.561. The van der Waals surface area contributed by atoms with Crippen LogP contribution in [0.25, 0.3) is 0 Å². The highest BCUT2D eigenvalue weighted by Gasteiger charge is 2.46. The van der Waals surface area contributed by atoms with Gasteiger partial charge in [0.1, 0.15) is 35.6 Å². The van der Waals surface area contributed by atoms with Gasteiger partial charge in [0.05, 0.1) is 11.3 Å². The zero-order valence-electron chi connectivity index (χ0n) is 33.2. The maximum absolute atomic E-state index is 13.7. The number of carbonyl (C=O) groups excluding carboxylic acids is 4. The van der Waals surface area contributed by atoms with Crippen molar-refractivity contribution in [2.24, 2.45) is 0 Å².